The van der Waals surface area contributed by atoms with Crippen molar-refractivity contribution in [2.75, 3.05) is 26.6 Å². The summed E-state index contributed by atoms with van der Waals surface area (Å²) in [4.78, 5) is 26.7. The third-order valence-corrected chi connectivity index (χ3v) is 5.73. The molecule has 3 aromatic carbocycles. The summed E-state index contributed by atoms with van der Waals surface area (Å²) in [6, 6.07) is 20.2. The number of ether oxygens (including phenoxy) is 3. The van der Waals surface area contributed by atoms with Crippen LogP contribution in [0.5, 0.6) is 17.2 Å². The number of anilines is 1. The van der Waals surface area contributed by atoms with Crippen LogP contribution >= 0.6 is 0 Å². The number of hydrogen-bond donors (Lipinski definition) is 1. The van der Waals surface area contributed by atoms with Gasteiger partial charge in [-0.05, 0) is 35.4 Å². The summed E-state index contributed by atoms with van der Waals surface area (Å²) in [5, 5.41) is 3.51. The quantitative estimate of drug-likeness (QED) is 0.444. The van der Waals surface area contributed by atoms with E-state index in [0.29, 0.717) is 45.1 Å². The Hall–Kier alpha value is -4.26. The van der Waals surface area contributed by atoms with Crippen molar-refractivity contribution in [3.05, 3.63) is 82.5 Å². The highest BCUT2D eigenvalue weighted by Gasteiger charge is 2.22. The first-order chi connectivity index (χ1) is 16.5. The molecule has 0 spiro atoms. The molecule has 0 aliphatic rings. The molecule has 1 heterocycles. The number of pyridine rings is 1. The van der Waals surface area contributed by atoms with Gasteiger partial charge in [0.15, 0.2) is 16.9 Å². The fourth-order valence-electron chi connectivity index (χ4n) is 4.09. The van der Waals surface area contributed by atoms with Crippen molar-refractivity contribution in [1.29, 1.82) is 0 Å². The lowest BCUT2D eigenvalue weighted by molar-refractivity contribution is -0.115. The maximum absolute atomic E-state index is 13.7. The van der Waals surface area contributed by atoms with Crippen molar-refractivity contribution in [3.8, 4) is 28.4 Å². The molecule has 0 bridgehead atoms. The van der Waals surface area contributed by atoms with E-state index in [2.05, 4.69) is 5.32 Å². The number of fused-ring (bicyclic) bond motifs is 1. The van der Waals surface area contributed by atoms with Gasteiger partial charge in [-0.2, -0.15) is 0 Å². The second-order valence-electron chi connectivity index (χ2n) is 7.75. The Morgan fingerprint density at radius 2 is 1.50 bits per heavy atom. The highest BCUT2D eigenvalue weighted by Crippen LogP contribution is 2.42. The number of aryl methyl sites for hydroxylation is 1. The summed E-state index contributed by atoms with van der Waals surface area (Å²) in [7, 11) is 6.37. The van der Waals surface area contributed by atoms with Crippen LogP contribution in [-0.2, 0) is 18.3 Å². The molecule has 0 unspecified atom stereocenters. The molecular formula is C27H26N2O5. The zero-order chi connectivity index (χ0) is 24.2. The Balaban J connectivity index is 1.93. The van der Waals surface area contributed by atoms with E-state index in [0.717, 1.165) is 5.56 Å². The fourth-order valence-corrected chi connectivity index (χ4v) is 4.09. The topological polar surface area (TPSA) is 78.8 Å². The van der Waals surface area contributed by atoms with Crippen molar-refractivity contribution in [1.82, 2.24) is 4.57 Å². The number of hydrogen-bond acceptors (Lipinski definition) is 5. The van der Waals surface area contributed by atoms with Gasteiger partial charge in [0.05, 0.1) is 38.8 Å². The van der Waals surface area contributed by atoms with E-state index in [1.807, 2.05) is 60.1 Å². The molecule has 4 rings (SSSR count). The molecule has 4 aromatic rings. The Kier molecular flexibility index (Phi) is 6.54. The molecule has 174 valence electrons. The highest BCUT2D eigenvalue weighted by atomic mass is 16.5. The number of nitrogens with zero attached hydrogens (tertiary/aromatic N) is 1. The van der Waals surface area contributed by atoms with Gasteiger partial charge in [0.2, 0.25) is 11.7 Å². The van der Waals surface area contributed by atoms with E-state index < -0.39 is 0 Å². The van der Waals surface area contributed by atoms with Crippen LogP contribution in [0.25, 0.3) is 22.0 Å². The third kappa shape index (κ3) is 4.20. The van der Waals surface area contributed by atoms with E-state index in [4.69, 9.17) is 14.2 Å². The van der Waals surface area contributed by atoms with Crippen molar-refractivity contribution >= 4 is 22.6 Å². The van der Waals surface area contributed by atoms with E-state index in [9.17, 15) is 9.59 Å². The third-order valence-electron chi connectivity index (χ3n) is 5.73. The SMILES string of the molecule is COc1cc(-c2c(NC(=O)Cc3ccccc3)n(C)c3ccccc3c2=O)cc(OC)c1OC. The van der Waals surface area contributed by atoms with Gasteiger partial charge in [0, 0.05) is 12.4 Å². The zero-order valence-electron chi connectivity index (χ0n) is 19.5. The van der Waals surface area contributed by atoms with Crippen LogP contribution in [-0.4, -0.2) is 31.8 Å². The molecule has 0 saturated heterocycles. The minimum Gasteiger partial charge on any atom is -0.493 e. The first-order valence-corrected chi connectivity index (χ1v) is 10.7. The number of nitrogens with one attached hydrogen (secondary N) is 1. The smallest absolute Gasteiger partial charge is 0.229 e. The van der Waals surface area contributed by atoms with Crippen LogP contribution in [0.15, 0.2) is 71.5 Å². The Morgan fingerprint density at radius 1 is 0.882 bits per heavy atom. The zero-order valence-corrected chi connectivity index (χ0v) is 19.5. The minimum atomic E-state index is -0.231. The number of aromatic nitrogens is 1. The second-order valence-corrected chi connectivity index (χ2v) is 7.75. The average Bonchev–Trinajstić information content (AvgIpc) is 2.87. The van der Waals surface area contributed by atoms with Gasteiger partial charge < -0.3 is 24.1 Å². The van der Waals surface area contributed by atoms with Gasteiger partial charge in [-0.25, -0.2) is 0 Å². The van der Waals surface area contributed by atoms with Gasteiger partial charge >= 0.3 is 0 Å². The number of carbonyl (C=O) groups is 1. The lowest BCUT2D eigenvalue weighted by atomic mass is 10.0. The van der Waals surface area contributed by atoms with Crippen LogP contribution in [0.1, 0.15) is 5.56 Å². The predicted molar refractivity (Wildman–Crippen MR) is 133 cm³/mol. The molecule has 1 N–H and O–H groups in total. The van der Waals surface area contributed by atoms with Crippen molar-refractivity contribution in [2.24, 2.45) is 7.05 Å². The van der Waals surface area contributed by atoms with Crippen LogP contribution in [0.2, 0.25) is 0 Å². The number of para-hydroxylation sites is 1. The summed E-state index contributed by atoms with van der Waals surface area (Å²) >= 11 is 0. The molecule has 0 saturated carbocycles. The van der Waals surface area contributed by atoms with E-state index in [1.54, 1.807) is 18.2 Å². The standard InChI is InChI=1S/C27H26N2O5/c1-29-20-13-9-8-12-19(20)25(31)24(18-15-21(32-2)26(34-4)22(16-18)33-3)27(29)28-23(30)14-17-10-6-5-7-11-17/h5-13,15-16H,14H2,1-4H3,(H,28,30). The largest absolute Gasteiger partial charge is 0.493 e. The Bertz CT molecular complexity index is 1390. The Labute approximate surface area is 197 Å². The van der Waals surface area contributed by atoms with Gasteiger partial charge in [0.1, 0.15) is 5.82 Å². The number of benzene rings is 3. The first-order valence-electron chi connectivity index (χ1n) is 10.7. The van der Waals surface area contributed by atoms with Crippen molar-refractivity contribution in [3.63, 3.8) is 0 Å². The molecular weight excluding hydrogens is 432 g/mol. The number of amides is 1. The monoisotopic (exact) mass is 458 g/mol. The Morgan fingerprint density at radius 3 is 2.12 bits per heavy atom. The van der Waals surface area contributed by atoms with Gasteiger partial charge in [-0.15, -0.1) is 0 Å². The number of carbonyl (C=O) groups excluding carboxylic acids is 1. The number of rotatable bonds is 7. The maximum Gasteiger partial charge on any atom is 0.229 e. The normalized spacial score (nSPS) is 10.7. The first kappa shape index (κ1) is 22.9. The lowest BCUT2D eigenvalue weighted by Gasteiger charge is -2.20. The van der Waals surface area contributed by atoms with Crippen molar-refractivity contribution < 1.29 is 19.0 Å². The van der Waals surface area contributed by atoms with Crippen LogP contribution in [0.3, 0.4) is 0 Å². The van der Waals surface area contributed by atoms with Crippen LogP contribution < -0.4 is 25.0 Å². The van der Waals surface area contributed by atoms with E-state index in [1.165, 1.54) is 21.3 Å². The van der Waals surface area contributed by atoms with E-state index >= 15 is 0 Å². The summed E-state index contributed by atoms with van der Waals surface area (Å²) < 4.78 is 18.2. The van der Waals surface area contributed by atoms with Gasteiger partial charge in [-0.3, -0.25) is 9.59 Å². The van der Waals surface area contributed by atoms with Gasteiger partial charge in [0.25, 0.3) is 0 Å². The summed E-state index contributed by atoms with van der Waals surface area (Å²) in [6.07, 6.45) is 0.177. The molecule has 0 fully saturated rings. The highest BCUT2D eigenvalue weighted by molar-refractivity contribution is 5.99. The van der Waals surface area contributed by atoms with Crippen molar-refractivity contribution in [2.45, 2.75) is 6.42 Å². The lowest BCUT2D eigenvalue weighted by Crippen LogP contribution is -2.22. The molecule has 7 nitrogen and oxygen atoms in total. The summed E-state index contributed by atoms with van der Waals surface area (Å²) in [5.74, 6) is 1.40. The molecule has 0 aliphatic heterocycles. The second kappa shape index (κ2) is 9.70. The summed E-state index contributed by atoms with van der Waals surface area (Å²) in [5.41, 5.74) is 2.24. The predicted octanol–water partition coefficient (Wildman–Crippen LogP) is 4.41. The van der Waals surface area contributed by atoms with Crippen LogP contribution in [0, 0.1) is 0 Å². The van der Waals surface area contributed by atoms with E-state index in [-0.39, 0.29) is 17.8 Å². The molecule has 7 heteroatoms. The minimum absolute atomic E-state index is 0.177. The molecule has 0 atom stereocenters. The molecule has 34 heavy (non-hydrogen) atoms. The average molecular weight is 459 g/mol. The number of methoxy groups -OCH3 is 3. The van der Waals surface area contributed by atoms with Gasteiger partial charge in [-0.1, -0.05) is 42.5 Å². The molecule has 1 aromatic heterocycles. The molecule has 0 radical (unpaired) electrons. The van der Waals surface area contributed by atoms with Crippen LogP contribution in [0.4, 0.5) is 5.82 Å². The fraction of sp³-hybridized carbons (Fsp3) is 0.185. The summed E-state index contributed by atoms with van der Waals surface area (Å²) in [6.45, 7) is 0. The maximum atomic E-state index is 13.7. The molecule has 1 amide bonds. The molecule has 0 aliphatic carbocycles.